The number of aliphatic imine (C=N–C) groups is 1. The van der Waals surface area contributed by atoms with Crippen molar-refractivity contribution in [2.24, 2.45) is 10.7 Å². The molecule has 0 aromatic heterocycles. The molecule has 3 atom stereocenters. The van der Waals surface area contributed by atoms with Crippen LogP contribution in [0.2, 0.25) is 0 Å². The molecule has 1 spiro atoms. The summed E-state index contributed by atoms with van der Waals surface area (Å²) in [5, 5.41) is 2.40. The number of halogens is 1. The Kier molecular flexibility index (Phi) is 3.46. The van der Waals surface area contributed by atoms with Crippen LogP contribution in [0.15, 0.2) is 39.1 Å². The number of likely N-dealkylation sites (N-methyl/N-ethyl adjacent to an activating group) is 1. The topological polar surface area (TPSA) is 67.9 Å². The van der Waals surface area contributed by atoms with Crippen LogP contribution < -0.4 is 10.5 Å². The van der Waals surface area contributed by atoms with Gasteiger partial charge < -0.3 is 10.5 Å². The lowest BCUT2D eigenvalue weighted by atomic mass is 9.81. The summed E-state index contributed by atoms with van der Waals surface area (Å²) in [7, 11) is 1.67. The van der Waals surface area contributed by atoms with Crippen LogP contribution in [0.1, 0.15) is 18.4 Å². The smallest absolute Gasteiger partial charge is 0.261 e. The quantitative estimate of drug-likeness (QED) is 0.795. The molecule has 0 radical (unpaired) electrons. The Balaban J connectivity index is 1.84. The van der Waals surface area contributed by atoms with E-state index in [9.17, 15) is 4.79 Å². The third kappa shape index (κ3) is 2.21. The minimum absolute atomic E-state index is 0.0734. The van der Waals surface area contributed by atoms with Gasteiger partial charge in [0.1, 0.15) is 11.9 Å². The Labute approximate surface area is 147 Å². The molecule has 5 nitrogen and oxygen atoms in total. The molecular weight excluding hydrogens is 378 g/mol. The van der Waals surface area contributed by atoms with Gasteiger partial charge in [-0.2, -0.15) is 0 Å². The normalized spacial score (nSPS) is 32.2. The second-order valence-electron chi connectivity index (χ2n) is 5.98. The Bertz CT molecular complexity index is 743. The van der Waals surface area contributed by atoms with Gasteiger partial charge in [0.25, 0.3) is 5.91 Å². The second-order valence-corrected chi connectivity index (χ2v) is 8.04. The number of hydrogen-bond donors (Lipinski definition) is 1. The molecule has 0 saturated heterocycles. The molecule has 2 N–H and O–H groups in total. The number of thioether (sulfide) groups is 1. The lowest BCUT2D eigenvalue weighted by Gasteiger charge is -2.38. The van der Waals surface area contributed by atoms with Gasteiger partial charge in [-0.1, -0.05) is 22.0 Å². The highest BCUT2D eigenvalue weighted by Gasteiger charge is 2.54. The monoisotopic (exact) mass is 393 g/mol. The summed E-state index contributed by atoms with van der Waals surface area (Å²) in [5.41, 5.74) is 5.77. The van der Waals surface area contributed by atoms with Crippen LogP contribution in [0.3, 0.4) is 0 Å². The Morgan fingerprint density at radius 3 is 3.00 bits per heavy atom. The van der Waals surface area contributed by atoms with Crippen molar-refractivity contribution >= 4 is 39.6 Å². The lowest BCUT2D eigenvalue weighted by Crippen LogP contribution is -2.47. The van der Waals surface area contributed by atoms with Crippen LogP contribution >= 0.6 is 27.7 Å². The summed E-state index contributed by atoms with van der Waals surface area (Å²) in [6.07, 6.45) is 3.53. The molecule has 3 aliphatic heterocycles. The van der Waals surface area contributed by atoms with Crippen LogP contribution in [0.4, 0.5) is 0 Å². The molecule has 7 heteroatoms. The third-order valence-corrected chi connectivity index (χ3v) is 6.29. The van der Waals surface area contributed by atoms with Crippen molar-refractivity contribution in [1.82, 2.24) is 4.90 Å². The first kappa shape index (κ1) is 15.1. The average Bonchev–Trinajstić information content (AvgIpc) is 3.13. The first-order valence-corrected chi connectivity index (χ1v) is 9.15. The number of rotatable bonds is 1. The number of guanidine groups is 1. The van der Waals surface area contributed by atoms with Gasteiger partial charge >= 0.3 is 0 Å². The number of amides is 1. The number of ether oxygens (including phenoxy) is 1. The molecule has 1 aromatic carbocycles. The van der Waals surface area contributed by atoms with Crippen LogP contribution in [0.5, 0.6) is 5.75 Å². The largest absolute Gasteiger partial charge is 0.489 e. The van der Waals surface area contributed by atoms with Gasteiger partial charge in [-0.25, -0.2) is 4.99 Å². The highest BCUT2D eigenvalue weighted by Crippen LogP contribution is 2.49. The molecule has 4 rings (SSSR count). The zero-order chi connectivity index (χ0) is 16.2. The molecule has 3 unspecified atom stereocenters. The predicted molar refractivity (Wildman–Crippen MR) is 94.4 cm³/mol. The Morgan fingerprint density at radius 1 is 1.52 bits per heavy atom. The van der Waals surface area contributed by atoms with E-state index in [1.807, 2.05) is 18.2 Å². The Hall–Kier alpha value is -1.47. The summed E-state index contributed by atoms with van der Waals surface area (Å²) in [6, 6.07) is 5.74. The van der Waals surface area contributed by atoms with Gasteiger partial charge in [0.15, 0.2) is 11.5 Å². The molecule has 3 aliphatic rings. The zero-order valence-corrected chi connectivity index (χ0v) is 14.9. The fraction of sp³-hybridized carbons (Fsp3) is 0.375. The molecule has 0 bridgehead atoms. The van der Waals surface area contributed by atoms with Gasteiger partial charge in [0.05, 0.1) is 0 Å². The van der Waals surface area contributed by atoms with E-state index in [1.165, 1.54) is 4.90 Å². The number of nitrogens with zero attached hydrogens (tertiary/aromatic N) is 2. The summed E-state index contributed by atoms with van der Waals surface area (Å²) in [6.45, 7) is 0. The van der Waals surface area contributed by atoms with Gasteiger partial charge in [0, 0.05) is 28.8 Å². The van der Waals surface area contributed by atoms with E-state index in [2.05, 4.69) is 32.4 Å². The van der Waals surface area contributed by atoms with E-state index in [-0.39, 0.29) is 18.0 Å². The minimum Gasteiger partial charge on any atom is -0.489 e. The van der Waals surface area contributed by atoms with Crippen LogP contribution in [0.25, 0.3) is 0 Å². The van der Waals surface area contributed by atoms with Crippen molar-refractivity contribution < 1.29 is 9.53 Å². The van der Waals surface area contributed by atoms with Crippen molar-refractivity contribution in [3.8, 4) is 5.75 Å². The molecule has 0 aliphatic carbocycles. The number of hydrogen-bond acceptors (Lipinski definition) is 5. The van der Waals surface area contributed by atoms with Crippen LogP contribution in [-0.2, 0) is 10.3 Å². The number of nitrogens with two attached hydrogens (primary N) is 1. The van der Waals surface area contributed by atoms with E-state index < -0.39 is 5.54 Å². The minimum atomic E-state index is -0.968. The molecular formula is C16H16BrN3O2S. The SMILES string of the molecule is CN1C(=O)C2(CC(C3CC=CS3)Oc3ccc(Br)cc32)N=C1N. The molecule has 1 aromatic rings. The van der Waals surface area contributed by atoms with Crippen molar-refractivity contribution in [3.63, 3.8) is 0 Å². The molecule has 0 fully saturated rings. The van der Waals surface area contributed by atoms with Gasteiger partial charge in [0.2, 0.25) is 0 Å². The standard InChI is InChI=1S/C16H16BrN3O2S/c1-20-14(21)16(19-15(20)18)8-12(13-3-2-6-23-13)22-11-5-4-9(17)7-10(11)16/h2,4-7,12-13H,3,8H2,1H3,(H2,18,19). The van der Waals surface area contributed by atoms with Crippen molar-refractivity contribution in [2.45, 2.75) is 29.7 Å². The first-order chi connectivity index (χ1) is 11.0. The Morgan fingerprint density at radius 2 is 2.35 bits per heavy atom. The van der Waals surface area contributed by atoms with Gasteiger partial charge in [-0.15, -0.1) is 11.8 Å². The maximum absolute atomic E-state index is 13.0. The summed E-state index contributed by atoms with van der Waals surface area (Å²) in [5.74, 6) is 0.898. The van der Waals surface area contributed by atoms with Crippen molar-refractivity contribution in [3.05, 3.63) is 39.7 Å². The number of carbonyl (C=O) groups is 1. The van der Waals surface area contributed by atoms with E-state index in [0.717, 1.165) is 22.2 Å². The molecule has 3 heterocycles. The number of carbonyl (C=O) groups excluding carboxylic acids is 1. The van der Waals surface area contributed by atoms with E-state index >= 15 is 0 Å². The molecule has 1 amide bonds. The third-order valence-electron chi connectivity index (χ3n) is 4.60. The van der Waals surface area contributed by atoms with Gasteiger partial charge in [-0.3, -0.25) is 9.69 Å². The maximum Gasteiger partial charge on any atom is 0.261 e. The fourth-order valence-corrected chi connectivity index (χ4v) is 4.73. The van der Waals surface area contributed by atoms with E-state index in [0.29, 0.717) is 11.7 Å². The summed E-state index contributed by atoms with van der Waals surface area (Å²) in [4.78, 5) is 19.0. The summed E-state index contributed by atoms with van der Waals surface area (Å²) < 4.78 is 7.11. The van der Waals surface area contributed by atoms with Crippen molar-refractivity contribution in [1.29, 1.82) is 0 Å². The fourth-order valence-electron chi connectivity index (χ4n) is 3.39. The number of allylic oxidation sites excluding steroid dienone is 1. The number of fused-ring (bicyclic) bond motifs is 2. The maximum atomic E-state index is 13.0. The van der Waals surface area contributed by atoms with Crippen LogP contribution in [-0.4, -0.2) is 35.2 Å². The molecule has 120 valence electrons. The molecule has 23 heavy (non-hydrogen) atoms. The highest BCUT2D eigenvalue weighted by atomic mass is 79.9. The second kappa shape index (κ2) is 5.27. The van der Waals surface area contributed by atoms with Crippen LogP contribution in [0, 0.1) is 0 Å². The van der Waals surface area contributed by atoms with E-state index in [1.54, 1.807) is 18.8 Å². The first-order valence-electron chi connectivity index (χ1n) is 7.42. The van der Waals surface area contributed by atoms with E-state index in [4.69, 9.17) is 10.5 Å². The molecule has 0 saturated carbocycles. The highest BCUT2D eigenvalue weighted by molar-refractivity contribution is 9.10. The summed E-state index contributed by atoms with van der Waals surface area (Å²) >= 11 is 5.23. The predicted octanol–water partition coefficient (Wildman–Crippen LogP) is 2.60. The lowest BCUT2D eigenvalue weighted by molar-refractivity contribution is -0.132. The zero-order valence-electron chi connectivity index (χ0n) is 12.5. The van der Waals surface area contributed by atoms with Gasteiger partial charge in [-0.05, 0) is 30.0 Å². The average molecular weight is 394 g/mol. The number of benzene rings is 1. The van der Waals surface area contributed by atoms with Crippen molar-refractivity contribution in [2.75, 3.05) is 7.05 Å².